The molecule has 2 heterocycles. The minimum absolute atomic E-state index is 0.0562. The molecule has 0 spiro atoms. The Balaban J connectivity index is 2.06. The molecule has 0 aromatic carbocycles. The van der Waals surface area contributed by atoms with Crippen LogP contribution >= 0.6 is 27.7 Å². The van der Waals surface area contributed by atoms with Gasteiger partial charge in [-0.25, -0.2) is 0 Å². The molecule has 2 aliphatic heterocycles. The zero-order chi connectivity index (χ0) is 14.9. The van der Waals surface area contributed by atoms with E-state index in [1.165, 1.54) is 11.8 Å². The van der Waals surface area contributed by atoms with Gasteiger partial charge in [0.1, 0.15) is 23.1 Å². The van der Waals surface area contributed by atoms with Crippen LogP contribution in [0.4, 0.5) is 0 Å². The van der Waals surface area contributed by atoms with Crippen LogP contribution in [0.15, 0.2) is 0 Å². The Hall–Kier alpha value is 0.340. The van der Waals surface area contributed by atoms with E-state index in [-0.39, 0.29) is 17.3 Å². The van der Waals surface area contributed by atoms with E-state index in [9.17, 15) is 4.79 Å². The van der Waals surface area contributed by atoms with Gasteiger partial charge in [-0.15, -0.1) is 0 Å². The van der Waals surface area contributed by atoms with Crippen molar-refractivity contribution in [3.8, 4) is 0 Å². The van der Waals surface area contributed by atoms with Crippen LogP contribution in [0.1, 0.15) is 27.2 Å². The zero-order valence-corrected chi connectivity index (χ0v) is 14.5. The SMILES string of the molecule is CCCSC(=O)[C@H](Br)[C@H]1O[C@@H](OC)[C@@H]2OC(C)(C)O[C@@H]21. The first-order valence-corrected chi connectivity index (χ1v) is 8.64. The van der Waals surface area contributed by atoms with Crippen molar-refractivity contribution in [2.75, 3.05) is 12.9 Å². The first kappa shape index (κ1) is 16.7. The van der Waals surface area contributed by atoms with E-state index >= 15 is 0 Å². The molecule has 0 saturated carbocycles. The number of hydrogen-bond donors (Lipinski definition) is 0. The molecule has 0 N–H and O–H groups in total. The van der Waals surface area contributed by atoms with Crippen LogP contribution in [-0.4, -0.2) is 53.2 Å². The minimum Gasteiger partial charge on any atom is -0.353 e. The van der Waals surface area contributed by atoms with Crippen LogP contribution in [0.3, 0.4) is 0 Å². The van der Waals surface area contributed by atoms with E-state index in [2.05, 4.69) is 15.9 Å². The van der Waals surface area contributed by atoms with E-state index in [0.717, 1.165) is 12.2 Å². The maximum atomic E-state index is 12.1. The van der Waals surface area contributed by atoms with Gasteiger partial charge in [-0.2, -0.15) is 0 Å². The molecule has 0 aromatic rings. The van der Waals surface area contributed by atoms with Gasteiger partial charge in [0.15, 0.2) is 12.1 Å². The van der Waals surface area contributed by atoms with Gasteiger partial charge in [-0.3, -0.25) is 4.79 Å². The second-order valence-corrected chi connectivity index (χ2v) is 7.42. The highest BCUT2D eigenvalue weighted by molar-refractivity contribution is 9.10. The number of carbonyl (C=O) groups excluding carboxylic acids is 1. The first-order chi connectivity index (χ1) is 9.39. The molecule has 2 saturated heterocycles. The summed E-state index contributed by atoms with van der Waals surface area (Å²) in [6, 6.07) is 0. The Kier molecular flexibility index (Phi) is 5.53. The Morgan fingerprint density at radius 3 is 2.65 bits per heavy atom. The van der Waals surface area contributed by atoms with Crippen molar-refractivity contribution in [3.63, 3.8) is 0 Å². The third kappa shape index (κ3) is 3.39. The van der Waals surface area contributed by atoms with Gasteiger partial charge >= 0.3 is 0 Å². The van der Waals surface area contributed by atoms with E-state index in [0.29, 0.717) is 0 Å². The van der Waals surface area contributed by atoms with Gasteiger partial charge < -0.3 is 18.9 Å². The number of ether oxygens (including phenoxy) is 4. The van der Waals surface area contributed by atoms with Crippen LogP contribution in [0.5, 0.6) is 0 Å². The average Bonchev–Trinajstić information content (AvgIpc) is 2.87. The average molecular weight is 369 g/mol. The largest absolute Gasteiger partial charge is 0.353 e. The quantitative estimate of drug-likeness (QED) is 0.694. The summed E-state index contributed by atoms with van der Waals surface area (Å²) < 4.78 is 22.8. The van der Waals surface area contributed by atoms with Crippen LogP contribution in [0.2, 0.25) is 0 Å². The van der Waals surface area contributed by atoms with E-state index in [1.54, 1.807) is 7.11 Å². The number of halogens is 1. The summed E-state index contributed by atoms with van der Waals surface area (Å²) >= 11 is 4.76. The van der Waals surface area contributed by atoms with Crippen molar-refractivity contribution < 1.29 is 23.7 Å². The lowest BCUT2D eigenvalue weighted by Gasteiger charge is -2.25. The predicted octanol–water partition coefficient (Wildman–Crippen LogP) is 2.31. The lowest BCUT2D eigenvalue weighted by Crippen LogP contribution is -2.38. The molecule has 0 aliphatic carbocycles. The van der Waals surface area contributed by atoms with E-state index < -0.39 is 23.0 Å². The molecule has 2 fully saturated rings. The van der Waals surface area contributed by atoms with Gasteiger partial charge in [-0.1, -0.05) is 34.6 Å². The molecule has 0 aromatic heterocycles. The van der Waals surface area contributed by atoms with Crippen molar-refractivity contribution in [3.05, 3.63) is 0 Å². The summed E-state index contributed by atoms with van der Waals surface area (Å²) in [6.45, 7) is 5.75. The summed E-state index contributed by atoms with van der Waals surface area (Å²) in [5, 5.41) is 0.0562. The molecular weight excluding hydrogens is 348 g/mol. The first-order valence-electron chi connectivity index (χ1n) is 6.74. The van der Waals surface area contributed by atoms with Gasteiger partial charge in [0.05, 0.1) is 0 Å². The smallest absolute Gasteiger partial charge is 0.205 e. The fraction of sp³-hybridized carbons (Fsp3) is 0.923. The van der Waals surface area contributed by atoms with Gasteiger partial charge in [0.25, 0.3) is 0 Å². The zero-order valence-electron chi connectivity index (χ0n) is 12.1. The number of rotatable bonds is 5. The van der Waals surface area contributed by atoms with Gasteiger partial charge in [-0.05, 0) is 20.3 Å². The minimum atomic E-state index is -0.680. The van der Waals surface area contributed by atoms with Crippen LogP contribution < -0.4 is 0 Å². The molecule has 2 rings (SSSR count). The van der Waals surface area contributed by atoms with Crippen LogP contribution in [0, 0.1) is 0 Å². The Morgan fingerprint density at radius 2 is 2.05 bits per heavy atom. The summed E-state index contributed by atoms with van der Waals surface area (Å²) in [7, 11) is 1.57. The lowest BCUT2D eigenvalue weighted by atomic mass is 10.1. The highest BCUT2D eigenvalue weighted by atomic mass is 79.9. The van der Waals surface area contributed by atoms with Gasteiger partial charge in [0, 0.05) is 12.9 Å². The lowest BCUT2D eigenvalue weighted by molar-refractivity contribution is -0.226. The third-order valence-corrected chi connectivity index (χ3v) is 5.63. The Labute approximate surface area is 132 Å². The number of fused-ring (bicyclic) bond motifs is 1. The van der Waals surface area contributed by atoms with E-state index in [4.69, 9.17) is 18.9 Å². The number of alkyl halides is 1. The number of carbonyl (C=O) groups is 1. The predicted molar refractivity (Wildman–Crippen MR) is 80.0 cm³/mol. The Bertz CT molecular complexity index is 365. The molecule has 116 valence electrons. The van der Waals surface area contributed by atoms with Crippen molar-refractivity contribution in [1.82, 2.24) is 0 Å². The van der Waals surface area contributed by atoms with E-state index in [1.807, 2.05) is 20.8 Å². The maximum Gasteiger partial charge on any atom is 0.205 e. The highest BCUT2D eigenvalue weighted by Crippen LogP contribution is 2.41. The molecular formula is C13H21BrO5S. The number of thioether (sulfide) groups is 1. The van der Waals surface area contributed by atoms with Crippen molar-refractivity contribution in [2.45, 2.75) is 62.4 Å². The summed E-state index contributed by atoms with van der Waals surface area (Å²) in [5.74, 6) is 0.124. The summed E-state index contributed by atoms with van der Waals surface area (Å²) in [6.07, 6.45) is -0.546. The molecule has 5 atom stereocenters. The van der Waals surface area contributed by atoms with Crippen molar-refractivity contribution in [1.29, 1.82) is 0 Å². The topological polar surface area (TPSA) is 54.0 Å². The molecule has 20 heavy (non-hydrogen) atoms. The molecule has 0 radical (unpaired) electrons. The molecule has 0 bridgehead atoms. The molecule has 0 amide bonds. The third-order valence-electron chi connectivity index (χ3n) is 3.24. The van der Waals surface area contributed by atoms with Crippen molar-refractivity contribution >= 4 is 32.8 Å². The number of methoxy groups -OCH3 is 1. The second kappa shape index (κ2) is 6.62. The fourth-order valence-corrected chi connectivity index (χ4v) is 3.95. The number of hydrogen-bond acceptors (Lipinski definition) is 6. The normalized spacial score (nSPS) is 36.9. The molecule has 7 heteroatoms. The van der Waals surface area contributed by atoms with Crippen molar-refractivity contribution in [2.24, 2.45) is 0 Å². The van der Waals surface area contributed by atoms with Crippen LogP contribution in [-0.2, 0) is 23.7 Å². The molecule has 0 unspecified atom stereocenters. The standard InChI is InChI=1S/C13H21BrO5S/c1-5-6-20-11(15)7(14)8-9-10(12(16-4)17-8)19-13(2,3)18-9/h7-10,12H,5-6H2,1-4H3/t7-,8-,9-,10-,12-/m1/s1. The second-order valence-electron chi connectivity index (χ2n) is 5.34. The summed E-state index contributed by atoms with van der Waals surface area (Å²) in [4.78, 5) is 11.7. The summed E-state index contributed by atoms with van der Waals surface area (Å²) in [5.41, 5.74) is 0. The fourth-order valence-electron chi connectivity index (χ4n) is 2.43. The highest BCUT2D eigenvalue weighted by Gasteiger charge is 2.58. The van der Waals surface area contributed by atoms with Gasteiger partial charge in [0.2, 0.25) is 5.12 Å². The molecule has 5 nitrogen and oxygen atoms in total. The van der Waals surface area contributed by atoms with Crippen LogP contribution in [0.25, 0.3) is 0 Å². The monoisotopic (exact) mass is 368 g/mol. The maximum absolute atomic E-state index is 12.1. The Morgan fingerprint density at radius 1 is 1.40 bits per heavy atom. The molecule has 2 aliphatic rings.